The number of aromatic nitrogens is 1. The SMILES string of the molecule is CCC1Cn2c(C(=O)N3CCC4(CC3)OCCO4)cc3cccc(c32)O1. The number of hydrogen-bond donors (Lipinski definition) is 0. The van der Waals surface area contributed by atoms with E-state index in [0.717, 1.165) is 48.2 Å². The van der Waals surface area contributed by atoms with Gasteiger partial charge in [0.1, 0.15) is 17.5 Å². The Hall–Kier alpha value is -2.05. The van der Waals surface area contributed by atoms with Crippen molar-refractivity contribution in [3.05, 3.63) is 30.0 Å². The molecular weight excluding hydrogens is 332 g/mol. The van der Waals surface area contributed by atoms with Crippen molar-refractivity contribution in [2.45, 2.75) is 44.6 Å². The number of para-hydroxylation sites is 1. The second-order valence-electron chi connectivity index (χ2n) is 7.38. The molecule has 2 fully saturated rings. The lowest BCUT2D eigenvalue weighted by atomic mass is 10.0. The average Bonchev–Trinajstić information content (AvgIpc) is 3.28. The highest BCUT2D eigenvalue weighted by Crippen LogP contribution is 2.36. The summed E-state index contributed by atoms with van der Waals surface area (Å²) in [7, 11) is 0. The molecule has 1 spiro atoms. The smallest absolute Gasteiger partial charge is 0.270 e. The molecule has 1 aromatic carbocycles. The lowest BCUT2D eigenvalue weighted by Crippen LogP contribution is -2.47. The van der Waals surface area contributed by atoms with E-state index in [9.17, 15) is 4.79 Å². The van der Waals surface area contributed by atoms with E-state index in [-0.39, 0.29) is 12.0 Å². The molecule has 1 amide bonds. The predicted octanol–water partition coefficient (Wildman–Crippen LogP) is 2.79. The van der Waals surface area contributed by atoms with Crippen LogP contribution in [0.25, 0.3) is 10.9 Å². The Bertz CT molecular complexity index is 843. The molecule has 6 nitrogen and oxygen atoms in total. The van der Waals surface area contributed by atoms with Crippen LogP contribution in [-0.4, -0.2) is 53.6 Å². The number of ether oxygens (including phenoxy) is 3. The normalized spacial score (nSPS) is 24.2. The summed E-state index contributed by atoms with van der Waals surface area (Å²) < 4.78 is 19.8. The second-order valence-corrected chi connectivity index (χ2v) is 7.38. The number of carbonyl (C=O) groups excluding carboxylic acids is 1. The number of carbonyl (C=O) groups is 1. The summed E-state index contributed by atoms with van der Waals surface area (Å²) >= 11 is 0. The van der Waals surface area contributed by atoms with E-state index in [2.05, 4.69) is 11.5 Å². The zero-order valence-corrected chi connectivity index (χ0v) is 15.1. The number of likely N-dealkylation sites (tertiary alicyclic amines) is 1. The fourth-order valence-electron chi connectivity index (χ4n) is 4.38. The second kappa shape index (κ2) is 5.99. The minimum Gasteiger partial charge on any atom is -0.486 e. The molecule has 26 heavy (non-hydrogen) atoms. The largest absolute Gasteiger partial charge is 0.486 e. The molecule has 0 bridgehead atoms. The molecule has 1 atom stereocenters. The first-order chi connectivity index (χ1) is 12.7. The highest BCUT2D eigenvalue weighted by Gasteiger charge is 2.41. The Morgan fingerprint density at radius 1 is 1.23 bits per heavy atom. The standard InChI is InChI=1S/C20H24N2O4/c1-2-15-13-22-16(12-14-4-3-5-17(26-15)18(14)22)19(23)21-8-6-20(7-9-21)24-10-11-25-20/h3-5,12,15H,2,6-11,13H2,1H3. The summed E-state index contributed by atoms with van der Waals surface area (Å²) in [4.78, 5) is 15.2. The van der Waals surface area contributed by atoms with Crippen LogP contribution < -0.4 is 4.74 Å². The molecule has 0 aliphatic carbocycles. The molecule has 2 aromatic rings. The molecule has 4 heterocycles. The van der Waals surface area contributed by atoms with Gasteiger partial charge in [-0.05, 0) is 18.6 Å². The van der Waals surface area contributed by atoms with Crippen LogP contribution in [0.1, 0.15) is 36.7 Å². The molecule has 5 rings (SSSR count). The molecule has 2 saturated heterocycles. The molecule has 1 unspecified atom stereocenters. The van der Waals surface area contributed by atoms with Crippen molar-refractivity contribution < 1.29 is 19.0 Å². The highest BCUT2D eigenvalue weighted by atomic mass is 16.7. The third kappa shape index (κ3) is 2.43. The minimum atomic E-state index is -0.455. The van der Waals surface area contributed by atoms with Crippen LogP contribution in [0.2, 0.25) is 0 Å². The van der Waals surface area contributed by atoms with Crippen molar-refractivity contribution in [3.8, 4) is 5.75 Å². The van der Waals surface area contributed by atoms with E-state index in [1.54, 1.807) is 0 Å². The van der Waals surface area contributed by atoms with Gasteiger partial charge in [-0.2, -0.15) is 0 Å². The van der Waals surface area contributed by atoms with Gasteiger partial charge in [-0.25, -0.2) is 0 Å². The maximum atomic E-state index is 13.3. The lowest BCUT2D eigenvalue weighted by molar-refractivity contribution is -0.181. The first-order valence-electron chi connectivity index (χ1n) is 9.55. The van der Waals surface area contributed by atoms with E-state index in [0.29, 0.717) is 26.3 Å². The average molecular weight is 356 g/mol. The number of piperidine rings is 1. The van der Waals surface area contributed by atoms with E-state index in [4.69, 9.17) is 14.2 Å². The zero-order valence-electron chi connectivity index (χ0n) is 15.1. The maximum Gasteiger partial charge on any atom is 0.270 e. The Morgan fingerprint density at radius 2 is 2.00 bits per heavy atom. The molecule has 3 aliphatic rings. The van der Waals surface area contributed by atoms with Gasteiger partial charge in [-0.15, -0.1) is 0 Å². The van der Waals surface area contributed by atoms with Crippen molar-refractivity contribution >= 4 is 16.8 Å². The lowest BCUT2D eigenvalue weighted by Gasteiger charge is -2.37. The molecule has 0 radical (unpaired) electrons. The predicted molar refractivity (Wildman–Crippen MR) is 96.4 cm³/mol. The Labute approximate surface area is 152 Å². The Balaban J connectivity index is 1.45. The van der Waals surface area contributed by atoms with E-state index >= 15 is 0 Å². The molecule has 0 saturated carbocycles. The molecule has 0 N–H and O–H groups in total. The number of amides is 1. The van der Waals surface area contributed by atoms with Gasteiger partial charge >= 0.3 is 0 Å². The van der Waals surface area contributed by atoms with Gasteiger partial charge in [0, 0.05) is 31.3 Å². The fourth-order valence-corrected chi connectivity index (χ4v) is 4.38. The van der Waals surface area contributed by atoms with Crippen molar-refractivity contribution in [1.29, 1.82) is 0 Å². The highest BCUT2D eigenvalue weighted by molar-refractivity contribution is 6.00. The topological polar surface area (TPSA) is 52.9 Å². The number of nitrogens with zero attached hydrogens (tertiary/aromatic N) is 2. The molecular formula is C20H24N2O4. The van der Waals surface area contributed by atoms with E-state index in [1.165, 1.54) is 0 Å². The van der Waals surface area contributed by atoms with E-state index < -0.39 is 5.79 Å². The zero-order chi connectivity index (χ0) is 17.7. The van der Waals surface area contributed by atoms with Crippen LogP contribution in [0, 0.1) is 0 Å². The summed E-state index contributed by atoms with van der Waals surface area (Å²) in [6.45, 7) is 5.49. The number of rotatable bonds is 2. The Morgan fingerprint density at radius 3 is 2.73 bits per heavy atom. The van der Waals surface area contributed by atoms with Crippen molar-refractivity contribution in [2.75, 3.05) is 26.3 Å². The third-order valence-corrected chi connectivity index (χ3v) is 5.86. The van der Waals surface area contributed by atoms with Crippen LogP contribution in [0.4, 0.5) is 0 Å². The Kier molecular flexibility index (Phi) is 3.72. The van der Waals surface area contributed by atoms with Crippen molar-refractivity contribution in [2.24, 2.45) is 0 Å². The van der Waals surface area contributed by atoms with Crippen LogP contribution in [0.3, 0.4) is 0 Å². The van der Waals surface area contributed by atoms with Gasteiger partial charge in [0.2, 0.25) is 0 Å². The van der Waals surface area contributed by atoms with Gasteiger partial charge < -0.3 is 23.7 Å². The molecule has 138 valence electrons. The van der Waals surface area contributed by atoms with Crippen LogP contribution in [0.5, 0.6) is 5.75 Å². The number of benzene rings is 1. The first kappa shape index (κ1) is 16.1. The monoisotopic (exact) mass is 356 g/mol. The first-order valence-corrected chi connectivity index (χ1v) is 9.55. The third-order valence-electron chi connectivity index (χ3n) is 5.86. The van der Waals surface area contributed by atoms with Gasteiger partial charge in [-0.1, -0.05) is 19.1 Å². The summed E-state index contributed by atoms with van der Waals surface area (Å²) in [6, 6.07) is 8.05. The van der Waals surface area contributed by atoms with Gasteiger partial charge in [-0.3, -0.25) is 4.79 Å². The quantitative estimate of drug-likeness (QED) is 0.830. The molecule has 1 aromatic heterocycles. The molecule has 3 aliphatic heterocycles. The van der Waals surface area contributed by atoms with Gasteiger partial charge in [0.25, 0.3) is 5.91 Å². The summed E-state index contributed by atoms with van der Waals surface area (Å²) in [5.41, 5.74) is 1.80. The van der Waals surface area contributed by atoms with Gasteiger partial charge in [0.05, 0.1) is 25.3 Å². The van der Waals surface area contributed by atoms with Crippen molar-refractivity contribution in [1.82, 2.24) is 9.47 Å². The van der Waals surface area contributed by atoms with Crippen LogP contribution >= 0.6 is 0 Å². The summed E-state index contributed by atoms with van der Waals surface area (Å²) in [6.07, 6.45) is 2.51. The van der Waals surface area contributed by atoms with Crippen LogP contribution in [-0.2, 0) is 16.0 Å². The minimum absolute atomic E-state index is 0.0942. The summed E-state index contributed by atoms with van der Waals surface area (Å²) in [5, 5.41) is 1.07. The number of hydrogen-bond acceptors (Lipinski definition) is 4. The van der Waals surface area contributed by atoms with E-state index in [1.807, 2.05) is 29.2 Å². The fraction of sp³-hybridized carbons (Fsp3) is 0.550. The van der Waals surface area contributed by atoms with Crippen LogP contribution in [0.15, 0.2) is 24.3 Å². The maximum absolute atomic E-state index is 13.3. The van der Waals surface area contributed by atoms with Gasteiger partial charge in [0.15, 0.2) is 5.79 Å². The van der Waals surface area contributed by atoms with Crippen molar-refractivity contribution in [3.63, 3.8) is 0 Å². The molecule has 6 heteroatoms. The summed E-state index contributed by atoms with van der Waals surface area (Å²) in [5.74, 6) is 0.519.